The Labute approximate surface area is 147 Å². The van der Waals surface area contributed by atoms with Crippen molar-refractivity contribution in [1.82, 2.24) is 10.6 Å². The van der Waals surface area contributed by atoms with Gasteiger partial charge in [-0.25, -0.2) is 4.39 Å². The lowest BCUT2D eigenvalue weighted by atomic mass is 10.2. The van der Waals surface area contributed by atoms with Crippen LogP contribution in [0.3, 0.4) is 0 Å². The number of rotatable bonds is 5. The van der Waals surface area contributed by atoms with Crippen LogP contribution in [0, 0.1) is 5.82 Å². The normalized spacial score (nSPS) is 10.0. The number of amides is 1. The molecule has 0 radical (unpaired) electrons. The molecule has 2 rings (SSSR count). The lowest BCUT2D eigenvalue weighted by Crippen LogP contribution is -2.36. The Kier molecular flexibility index (Phi) is 6.49. The average molecular weight is 396 g/mol. The third-order valence-corrected chi connectivity index (χ3v) is 3.62. The lowest BCUT2D eigenvalue weighted by Gasteiger charge is -2.11. The Morgan fingerprint density at radius 2 is 1.78 bits per heavy atom. The molecule has 2 aromatic rings. The van der Waals surface area contributed by atoms with Crippen molar-refractivity contribution >= 4 is 44.9 Å². The molecule has 0 aromatic heterocycles. The van der Waals surface area contributed by atoms with Crippen LogP contribution in [-0.4, -0.2) is 24.1 Å². The van der Waals surface area contributed by atoms with E-state index in [1.165, 1.54) is 24.3 Å². The molecule has 0 aliphatic carbocycles. The summed E-state index contributed by atoms with van der Waals surface area (Å²) in [7, 11) is 0. The predicted molar refractivity (Wildman–Crippen MR) is 97.1 cm³/mol. The first kappa shape index (κ1) is 17.4. The minimum atomic E-state index is -0.368. The van der Waals surface area contributed by atoms with Crippen molar-refractivity contribution in [2.75, 3.05) is 18.4 Å². The number of benzene rings is 2. The molecule has 7 heteroatoms. The Bertz CT molecular complexity index is 694. The zero-order chi connectivity index (χ0) is 16.7. The number of carbonyl (C=O) groups excluding carboxylic acids is 1. The molecule has 3 N–H and O–H groups in total. The van der Waals surface area contributed by atoms with Crippen LogP contribution in [0.2, 0.25) is 0 Å². The third-order valence-electron chi connectivity index (χ3n) is 2.89. The van der Waals surface area contributed by atoms with E-state index in [1.807, 2.05) is 24.3 Å². The molecule has 4 nitrogen and oxygen atoms in total. The highest BCUT2D eigenvalue weighted by molar-refractivity contribution is 9.10. The second-order valence-corrected chi connectivity index (χ2v) is 5.98. The smallest absolute Gasteiger partial charge is 0.251 e. The molecule has 0 unspecified atom stereocenters. The first-order valence-electron chi connectivity index (χ1n) is 6.89. The van der Waals surface area contributed by atoms with Gasteiger partial charge in [-0.1, -0.05) is 22.0 Å². The molecule has 23 heavy (non-hydrogen) atoms. The maximum absolute atomic E-state index is 12.8. The summed E-state index contributed by atoms with van der Waals surface area (Å²) in [5, 5.41) is 9.24. The summed E-state index contributed by atoms with van der Waals surface area (Å²) in [4.78, 5) is 11.8. The van der Waals surface area contributed by atoms with Crippen molar-refractivity contribution in [3.63, 3.8) is 0 Å². The number of hydrogen-bond donors (Lipinski definition) is 3. The molecule has 0 saturated heterocycles. The average Bonchev–Trinajstić information content (AvgIpc) is 2.52. The van der Waals surface area contributed by atoms with Crippen LogP contribution in [-0.2, 0) is 0 Å². The minimum Gasteiger partial charge on any atom is -0.361 e. The minimum absolute atomic E-state index is 0.252. The van der Waals surface area contributed by atoms with Crippen LogP contribution in [0.4, 0.5) is 10.1 Å². The fourth-order valence-corrected chi connectivity index (χ4v) is 2.42. The zero-order valence-electron chi connectivity index (χ0n) is 12.1. The maximum Gasteiger partial charge on any atom is 0.251 e. The van der Waals surface area contributed by atoms with E-state index in [4.69, 9.17) is 12.2 Å². The molecule has 0 spiro atoms. The Hall–Kier alpha value is -1.99. The van der Waals surface area contributed by atoms with Gasteiger partial charge in [-0.05, 0) is 54.7 Å². The van der Waals surface area contributed by atoms with Crippen molar-refractivity contribution in [2.24, 2.45) is 0 Å². The van der Waals surface area contributed by atoms with Crippen LogP contribution in [0.15, 0.2) is 53.0 Å². The molecular formula is C16H15BrFN3OS. The van der Waals surface area contributed by atoms with Gasteiger partial charge < -0.3 is 16.0 Å². The highest BCUT2D eigenvalue weighted by Gasteiger charge is 2.04. The number of carbonyl (C=O) groups is 1. The molecule has 0 atom stereocenters. The standard InChI is InChI=1S/C16H15BrFN3OS/c17-12-2-1-3-14(10-12)21-16(23)20-9-8-19-15(22)11-4-6-13(18)7-5-11/h1-7,10H,8-9H2,(H,19,22)(H2,20,21,23). The Balaban J connectivity index is 1.69. The number of thiocarbonyl (C=S) groups is 1. The predicted octanol–water partition coefficient (Wildman–Crippen LogP) is 3.30. The second-order valence-electron chi connectivity index (χ2n) is 4.65. The molecule has 0 bridgehead atoms. The molecule has 120 valence electrons. The highest BCUT2D eigenvalue weighted by Crippen LogP contribution is 2.15. The van der Waals surface area contributed by atoms with E-state index in [-0.39, 0.29) is 11.7 Å². The van der Waals surface area contributed by atoms with Crippen LogP contribution in [0.25, 0.3) is 0 Å². The van der Waals surface area contributed by atoms with Gasteiger partial charge in [0.1, 0.15) is 5.82 Å². The van der Waals surface area contributed by atoms with E-state index >= 15 is 0 Å². The van der Waals surface area contributed by atoms with Crippen LogP contribution >= 0.6 is 28.1 Å². The Morgan fingerprint density at radius 1 is 1.09 bits per heavy atom. The lowest BCUT2D eigenvalue weighted by molar-refractivity contribution is 0.0954. The molecule has 0 saturated carbocycles. The zero-order valence-corrected chi connectivity index (χ0v) is 14.5. The topological polar surface area (TPSA) is 53.2 Å². The summed E-state index contributed by atoms with van der Waals surface area (Å²) in [6.07, 6.45) is 0. The van der Waals surface area contributed by atoms with Gasteiger partial charge in [0.2, 0.25) is 0 Å². The number of anilines is 1. The van der Waals surface area contributed by atoms with Gasteiger partial charge in [-0.2, -0.15) is 0 Å². The molecule has 1 amide bonds. The summed E-state index contributed by atoms with van der Waals surface area (Å²) in [5.74, 6) is -0.621. The summed E-state index contributed by atoms with van der Waals surface area (Å²) >= 11 is 8.56. The first-order chi connectivity index (χ1) is 11.0. The maximum atomic E-state index is 12.8. The van der Waals surface area contributed by atoms with Crippen LogP contribution in [0.5, 0.6) is 0 Å². The number of halogens is 2. The van der Waals surface area contributed by atoms with Gasteiger partial charge in [0.05, 0.1) is 0 Å². The molecular weight excluding hydrogens is 381 g/mol. The van der Waals surface area contributed by atoms with Crippen molar-refractivity contribution in [1.29, 1.82) is 0 Å². The summed E-state index contributed by atoms with van der Waals surface area (Å²) < 4.78 is 13.7. The van der Waals surface area contributed by atoms with Gasteiger partial charge >= 0.3 is 0 Å². The SMILES string of the molecule is O=C(NCCNC(=S)Nc1cccc(Br)c1)c1ccc(F)cc1. The van der Waals surface area contributed by atoms with E-state index in [1.54, 1.807) is 0 Å². The summed E-state index contributed by atoms with van der Waals surface area (Å²) in [6.45, 7) is 0.878. The van der Waals surface area contributed by atoms with Crippen molar-refractivity contribution in [3.8, 4) is 0 Å². The van der Waals surface area contributed by atoms with Crippen LogP contribution < -0.4 is 16.0 Å². The molecule has 2 aromatic carbocycles. The molecule has 0 aliphatic rings. The van der Waals surface area contributed by atoms with Gasteiger partial charge in [0, 0.05) is 28.8 Å². The van der Waals surface area contributed by atoms with E-state index in [9.17, 15) is 9.18 Å². The van der Waals surface area contributed by atoms with Gasteiger partial charge in [-0.3, -0.25) is 4.79 Å². The van der Waals surface area contributed by atoms with Gasteiger partial charge in [0.25, 0.3) is 5.91 Å². The molecule has 0 aliphatic heterocycles. The second kappa shape index (κ2) is 8.59. The summed E-state index contributed by atoms with van der Waals surface area (Å²) in [5.41, 5.74) is 1.29. The van der Waals surface area contributed by atoms with Gasteiger partial charge in [-0.15, -0.1) is 0 Å². The quantitative estimate of drug-likeness (QED) is 0.536. The van der Waals surface area contributed by atoms with Gasteiger partial charge in [0.15, 0.2) is 5.11 Å². The highest BCUT2D eigenvalue weighted by atomic mass is 79.9. The van der Waals surface area contributed by atoms with E-state index in [0.29, 0.717) is 23.8 Å². The Morgan fingerprint density at radius 3 is 2.48 bits per heavy atom. The molecule has 0 heterocycles. The van der Waals surface area contributed by atoms with Crippen molar-refractivity contribution in [3.05, 3.63) is 64.4 Å². The van der Waals surface area contributed by atoms with Crippen molar-refractivity contribution in [2.45, 2.75) is 0 Å². The first-order valence-corrected chi connectivity index (χ1v) is 8.09. The van der Waals surface area contributed by atoms with E-state index < -0.39 is 0 Å². The monoisotopic (exact) mass is 395 g/mol. The number of nitrogens with one attached hydrogen (secondary N) is 3. The molecule has 0 fully saturated rings. The summed E-state index contributed by atoms with van der Waals surface area (Å²) in [6, 6.07) is 13.0. The fraction of sp³-hybridized carbons (Fsp3) is 0.125. The van der Waals surface area contributed by atoms with E-state index in [2.05, 4.69) is 31.9 Å². The largest absolute Gasteiger partial charge is 0.361 e. The van der Waals surface area contributed by atoms with Crippen molar-refractivity contribution < 1.29 is 9.18 Å². The van der Waals surface area contributed by atoms with Crippen LogP contribution in [0.1, 0.15) is 10.4 Å². The number of hydrogen-bond acceptors (Lipinski definition) is 2. The van der Waals surface area contributed by atoms with E-state index in [0.717, 1.165) is 10.2 Å². The fourth-order valence-electron chi connectivity index (χ4n) is 1.80. The third kappa shape index (κ3) is 5.96.